The van der Waals surface area contributed by atoms with E-state index in [1.807, 2.05) is 0 Å². The van der Waals surface area contributed by atoms with E-state index in [9.17, 15) is 4.39 Å². The summed E-state index contributed by atoms with van der Waals surface area (Å²) >= 11 is 8.31. The second-order valence-corrected chi connectivity index (χ2v) is 2.62. The Morgan fingerprint density at radius 3 is 2.43 bits per heavy atom. The van der Waals surface area contributed by atoms with Crippen molar-refractivity contribution in [1.82, 2.24) is 0 Å². The Balaban J connectivity index is 3.34. The molecule has 7 heavy (non-hydrogen) atoms. The van der Waals surface area contributed by atoms with Crippen molar-refractivity contribution in [3.63, 3.8) is 0 Å². The van der Waals surface area contributed by atoms with Gasteiger partial charge in [-0.25, -0.2) is 0 Å². The summed E-state index contributed by atoms with van der Waals surface area (Å²) in [5.41, 5.74) is 0. The minimum atomic E-state index is -0.400. The molecule has 3 heteroatoms. The van der Waals surface area contributed by atoms with Gasteiger partial charge >= 0.3 is 0 Å². The summed E-state index contributed by atoms with van der Waals surface area (Å²) < 4.78 is 11.9. The van der Waals surface area contributed by atoms with Crippen LogP contribution in [0, 0.1) is 5.92 Å². The molecular weight excluding hydrogens is 131 g/mol. The molecule has 0 saturated carbocycles. The van der Waals surface area contributed by atoms with Crippen LogP contribution in [0.25, 0.3) is 0 Å². The third-order valence-electron chi connectivity index (χ3n) is 0.653. The van der Waals surface area contributed by atoms with Crippen LogP contribution in [0.4, 0.5) is 4.39 Å². The van der Waals surface area contributed by atoms with Crippen LogP contribution in [0.15, 0.2) is 0 Å². The molecule has 0 aromatic carbocycles. The zero-order chi connectivity index (χ0) is 5.86. The SMILES string of the molecule is C[C@H](CF)C(=S)S. The lowest BCUT2D eigenvalue weighted by Crippen LogP contribution is -2.02. The fourth-order valence-electron chi connectivity index (χ4n) is 0.0660. The summed E-state index contributed by atoms with van der Waals surface area (Å²) in [6, 6.07) is 0. The number of hydrogen-bond acceptors (Lipinski definition) is 1. The van der Waals surface area contributed by atoms with E-state index in [-0.39, 0.29) is 5.92 Å². The van der Waals surface area contributed by atoms with Crippen molar-refractivity contribution in [1.29, 1.82) is 0 Å². The van der Waals surface area contributed by atoms with Gasteiger partial charge in [-0.05, 0) is 0 Å². The predicted octanol–water partition coefficient (Wildman–Crippen LogP) is 1.85. The van der Waals surface area contributed by atoms with Crippen LogP contribution >= 0.6 is 24.8 Å². The highest BCUT2D eigenvalue weighted by molar-refractivity contribution is 8.11. The molecule has 0 aliphatic heterocycles. The molecule has 0 rings (SSSR count). The van der Waals surface area contributed by atoms with Gasteiger partial charge in [-0.3, -0.25) is 4.39 Å². The highest BCUT2D eigenvalue weighted by Gasteiger charge is 2.00. The number of halogens is 1. The molecular formula is C4H7FS2. The molecule has 0 aliphatic rings. The molecule has 0 heterocycles. The van der Waals surface area contributed by atoms with Crippen LogP contribution < -0.4 is 0 Å². The van der Waals surface area contributed by atoms with Gasteiger partial charge in [0.05, 0.1) is 10.9 Å². The maximum absolute atomic E-state index is 11.5. The average Bonchev–Trinajstić information content (AvgIpc) is 1.65. The first-order chi connectivity index (χ1) is 3.18. The van der Waals surface area contributed by atoms with Crippen molar-refractivity contribution < 1.29 is 4.39 Å². The lowest BCUT2D eigenvalue weighted by molar-refractivity contribution is 0.449. The predicted molar refractivity (Wildman–Crippen MR) is 36.7 cm³/mol. The normalized spacial score (nSPS) is 13.6. The molecule has 0 bridgehead atoms. The third-order valence-corrected chi connectivity index (χ3v) is 1.50. The van der Waals surface area contributed by atoms with E-state index in [1.54, 1.807) is 6.92 Å². The van der Waals surface area contributed by atoms with Gasteiger partial charge in [0, 0.05) is 5.92 Å². The Morgan fingerprint density at radius 1 is 2.00 bits per heavy atom. The van der Waals surface area contributed by atoms with Gasteiger partial charge in [-0.2, -0.15) is 0 Å². The molecule has 0 aliphatic carbocycles. The summed E-state index contributed by atoms with van der Waals surface area (Å²) in [4.78, 5) is 0. The van der Waals surface area contributed by atoms with Gasteiger partial charge in [-0.1, -0.05) is 19.1 Å². The first kappa shape index (κ1) is 7.37. The molecule has 0 spiro atoms. The summed E-state index contributed by atoms with van der Waals surface area (Å²) in [6.45, 7) is 1.30. The third kappa shape index (κ3) is 3.00. The van der Waals surface area contributed by atoms with Gasteiger partial charge < -0.3 is 0 Å². The number of rotatable bonds is 2. The van der Waals surface area contributed by atoms with Crippen molar-refractivity contribution in [2.75, 3.05) is 6.67 Å². The Labute approximate surface area is 53.5 Å². The van der Waals surface area contributed by atoms with E-state index < -0.39 is 6.67 Å². The maximum Gasteiger partial charge on any atom is 0.0973 e. The Bertz CT molecular complexity index is 72.1. The first-order valence-corrected chi connectivity index (χ1v) is 2.82. The molecule has 1 atom stereocenters. The van der Waals surface area contributed by atoms with Crippen molar-refractivity contribution in [3.8, 4) is 0 Å². The number of thiocarbonyl (C=S) groups is 1. The minimum Gasteiger partial charge on any atom is -0.250 e. The molecule has 0 radical (unpaired) electrons. The molecule has 0 nitrogen and oxygen atoms in total. The lowest BCUT2D eigenvalue weighted by Gasteiger charge is -1.98. The summed E-state index contributed by atoms with van der Waals surface area (Å²) in [5, 5.41) is 0. The van der Waals surface area contributed by atoms with Gasteiger partial charge in [0.2, 0.25) is 0 Å². The second-order valence-electron chi connectivity index (χ2n) is 1.39. The van der Waals surface area contributed by atoms with Crippen molar-refractivity contribution in [2.45, 2.75) is 6.92 Å². The fourth-order valence-corrected chi connectivity index (χ4v) is 0.198. The molecule has 0 saturated heterocycles. The van der Waals surface area contributed by atoms with Crippen molar-refractivity contribution in [3.05, 3.63) is 0 Å². The lowest BCUT2D eigenvalue weighted by atomic mass is 10.2. The van der Waals surface area contributed by atoms with Gasteiger partial charge in [0.15, 0.2) is 0 Å². The molecule has 0 aromatic heterocycles. The quantitative estimate of drug-likeness (QED) is 0.449. The van der Waals surface area contributed by atoms with Gasteiger partial charge in [-0.15, -0.1) is 12.6 Å². The smallest absolute Gasteiger partial charge is 0.0973 e. The van der Waals surface area contributed by atoms with Crippen LogP contribution in [0.2, 0.25) is 0 Å². The largest absolute Gasteiger partial charge is 0.250 e. The van der Waals surface area contributed by atoms with Crippen molar-refractivity contribution in [2.24, 2.45) is 5.92 Å². The summed E-state index contributed by atoms with van der Waals surface area (Å²) in [5.74, 6) is -0.168. The fraction of sp³-hybridized carbons (Fsp3) is 0.750. The average molecular weight is 138 g/mol. The van der Waals surface area contributed by atoms with Crippen LogP contribution in [0.1, 0.15) is 6.92 Å². The van der Waals surface area contributed by atoms with Crippen LogP contribution in [-0.4, -0.2) is 10.9 Å². The summed E-state index contributed by atoms with van der Waals surface area (Å²) in [7, 11) is 0. The summed E-state index contributed by atoms with van der Waals surface area (Å²) in [6.07, 6.45) is 0. The van der Waals surface area contributed by atoms with E-state index in [0.717, 1.165) is 0 Å². The molecule has 0 N–H and O–H groups in total. The van der Waals surface area contributed by atoms with E-state index in [4.69, 9.17) is 0 Å². The Hall–Kier alpha value is 0.370. The number of hydrogen-bond donors (Lipinski definition) is 1. The van der Waals surface area contributed by atoms with E-state index in [1.165, 1.54) is 0 Å². The van der Waals surface area contributed by atoms with Crippen molar-refractivity contribution >= 4 is 29.0 Å². The molecule has 0 unspecified atom stereocenters. The van der Waals surface area contributed by atoms with Gasteiger partial charge in [0.25, 0.3) is 0 Å². The molecule has 0 amide bonds. The highest BCUT2D eigenvalue weighted by Crippen LogP contribution is 2.01. The first-order valence-electron chi connectivity index (χ1n) is 1.97. The minimum absolute atomic E-state index is 0.168. The highest BCUT2D eigenvalue weighted by atomic mass is 32.1. The Kier molecular flexibility index (Phi) is 3.56. The van der Waals surface area contributed by atoms with E-state index in [0.29, 0.717) is 4.20 Å². The monoisotopic (exact) mass is 138 g/mol. The number of thiol groups is 1. The van der Waals surface area contributed by atoms with Crippen LogP contribution in [0.3, 0.4) is 0 Å². The van der Waals surface area contributed by atoms with Crippen LogP contribution in [-0.2, 0) is 0 Å². The van der Waals surface area contributed by atoms with Crippen LogP contribution in [0.5, 0.6) is 0 Å². The topological polar surface area (TPSA) is 0 Å². The zero-order valence-corrected chi connectivity index (χ0v) is 5.73. The van der Waals surface area contributed by atoms with E-state index >= 15 is 0 Å². The Morgan fingerprint density at radius 2 is 2.43 bits per heavy atom. The molecule has 0 fully saturated rings. The zero-order valence-electron chi connectivity index (χ0n) is 4.02. The standard InChI is InChI=1S/C4H7FS2/c1-3(2-5)4(6)7/h3H,2H2,1H3,(H,6,7)/t3-/m1/s1. The number of alkyl halides is 1. The second kappa shape index (κ2) is 3.38. The molecule has 42 valence electrons. The van der Waals surface area contributed by atoms with E-state index in [2.05, 4.69) is 24.8 Å². The maximum atomic E-state index is 11.5. The van der Waals surface area contributed by atoms with Gasteiger partial charge in [0.1, 0.15) is 0 Å². The molecule has 0 aromatic rings.